The van der Waals surface area contributed by atoms with Gasteiger partial charge >= 0.3 is 6.00 Å². The monoisotopic (exact) mass is 498 g/mol. The molecule has 182 valence electrons. The van der Waals surface area contributed by atoms with E-state index in [0.29, 0.717) is 0 Å². The maximum Gasteiger partial charge on any atom is 0.341 e. The second-order valence-electron chi connectivity index (χ2n) is 9.50. The quantitative estimate of drug-likeness (QED) is 0.0665. The molecule has 0 aliphatic carbocycles. The average molecular weight is 500 g/mol. The zero-order chi connectivity index (χ0) is 22.2. The summed E-state index contributed by atoms with van der Waals surface area (Å²) in [4.78, 5) is 0. The van der Waals surface area contributed by atoms with Crippen LogP contribution in [0.4, 0.5) is 0 Å². The fourth-order valence-electron chi connectivity index (χ4n) is 4.29. The molecule has 0 spiro atoms. The van der Waals surface area contributed by atoms with Crippen LogP contribution in [0.5, 0.6) is 0 Å². The Morgan fingerprint density at radius 2 is 0.533 bits per heavy atom. The Kier molecular flexibility index (Phi) is 25.6. The van der Waals surface area contributed by atoms with Crippen LogP contribution >= 0.6 is 33.2 Å². The SMILES string of the molecule is CCCCCCCCCCCCCCCCCCCCCCCCCC[Si](Cl)(Cl)Cl. The van der Waals surface area contributed by atoms with Crippen LogP contribution in [-0.2, 0) is 0 Å². The predicted octanol–water partition coefficient (Wildman–Crippen LogP) is 12.0. The fraction of sp³-hybridized carbons (Fsp3) is 1.00. The molecule has 0 aromatic carbocycles. The summed E-state index contributed by atoms with van der Waals surface area (Å²) < 4.78 is 0. The number of hydrogen-bond acceptors (Lipinski definition) is 0. The highest BCUT2D eigenvalue weighted by molar-refractivity contribution is 7.64. The van der Waals surface area contributed by atoms with Crippen molar-refractivity contribution in [3.8, 4) is 0 Å². The van der Waals surface area contributed by atoms with Gasteiger partial charge in [-0.15, -0.1) is 33.2 Å². The molecule has 0 saturated carbocycles. The van der Waals surface area contributed by atoms with Crippen LogP contribution in [0.2, 0.25) is 6.04 Å². The molecule has 0 aliphatic rings. The van der Waals surface area contributed by atoms with Crippen molar-refractivity contribution in [2.75, 3.05) is 0 Å². The first-order valence-corrected chi connectivity index (χ1v) is 18.9. The second kappa shape index (κ2) is 24.7. The van der Waals surface area contributed by atoms with Crippen molar-refractivity contribution in [3.05, 3.63) is 0 Å². The number of unbranched alkanes of at least 4 members (excludes halogenated alkanes) is 23. The summed E-state index contributed by atoms with van der Waals surface area (Å²) in [5.41, 5.74) is 0. The lowest BCUT2D eigenvalue weighted by Crippen LogP contribution is -2.07. The predicted molar refractivity (Wildman–Crippen MR) is 145 cm³/mol. The van der Waals surface area contributed by atoms with Crippen molar-refractivity contribution >= 4 is 39.2 Å². The van der Waals surface area contributed by atoms with Crippen molar-refractivity contribution in [2.24, 2.45) is 0 Å². The first-order chi connectivity index (χ1) is 14.6. The van der Waals surface area contributed by atoms with Crippen molar-refractivity contribution in [1.29, 1.82) is 0 Å². The van der Waals surface area contributed by atoms with Gasteiger partial charge in [-0.1, -0.05) is 161 Å². The molecule has 0 aliphatic heterocycles. The van der Waals surface area contributed by atoms with Gasteiger partial charge in [-0.05, 0) is 6.04 Å². The van der Waals surface area contributed by atoms with Gasteiger partial charge < -0.3 is 0 Å². The lowest BCUT2D eigenvalue weighted by atomic mass is 10.0. The van der Waals surface area contributed by atoms with Crippen LogP contribution in [0.25, 0.3) is 0 Å². The van der Waals surface area contributed by atoms with E-state index in [1.165, 1.54) is 148 Å². The van der Waals surface area contributed by atoms with E-state index in [1.807, 2.05) is 0 Å². The molecule has 0 atom stereocenters. The van der Waals surface area contributed by atoms with Crippen molar-refractivity contribution in [2.45, 2.75) is 167 Å². The van der Waals surface area contributed by atoms with Crippen LogP contribution in [-0.4, -0.2) is 6.00 Å². The van der Waals surface area contributed by atoms with Crippen molar-refractivity contribution in [3.63, 3.8) is 0 Å². The molecule has 30 heavy (non-hydrogen) atoms. The second-order valence-corrected chi connectivity index (χ2v) is 18.8. The first-order valence-electron chi connectivity index (χ1n) is 13.6. The van der Waals surface area contributed by atoms with Gasteiger partial charge in [0.05, 0.1) is 0 Å². The normalized spacial score (nSPS) is 12.0. The molecule has 0 saturated heterocycles. The molecule has 0 N–H and O–H groups in total. The molecule has 0 bridgehead atoms. The third-order valence-corrected chi connectivity index (χ3v) is 8.94. The van der Waals surface area contributed by atoms with Crippen LogP contribution in [0.3, 0.4) is 0 Å². The van der Waals surface area contributed by atoms with Gasteiger partial charge in [0.1, 0.15) is 0 Å². The molecule has 0 amide bonds. The molecule has 0 nitrogen and oxygen atoms in total. The maximum atomic E-state index is 5.90. The van der Waals surface area contributed by atoms with Crippen LogP contribution in [0.15, 0.2) is 0 Å². The largest absolute Gasteiger partial charge is 0.341 e. The average Bonchev–Trinajstić information content (AvgIpc) is 2.70. The van der Waals surface area contributed by atoms with Gasteiger partial charge in [-0.25, -0.2) is 0 Å². The van der Waals surface area contributed by atoms with Crippen molar-refractivity contribution in [1.82, 2.24) is 0 Å². The van der Waals surface area contributed by atoms with E-state index < -0.39 is 6.00 Å². The Labute approximate surface area is 205 Å². The highest BCUT2D eigenvalue weighted by Gasteiger charge is 2.23. The van der Waals surface area contributed by atoms with E-state index in [0.717, 1.165) is 12.5 Å². The van der Waals surface area contributed by atoms with E-state index in [9.17, 15) is 0 Å². The van der Waals surface area contributed by atoms with E-state index >= 15 is 0 Å². The van der Waals surface area contributed by atoms with Gasteiger partial charge in [-0.3, -0.25) is 0 Å². The number of halogens is 3. The minimum absolute atomic E-state index is 0.830. The van der Waals surface area contributed by atoms with E-state index in [4.69, 9.17) is 33.2 Å². The molecule has 0 rings (SSSR count). The van der Waals surface area contributed by atoms with E-state index in [2.05, 4.69) is 6.92 Å². The van der Waals surface area contributed by atoms with Gasteiger partial charge in [0.2, 0.25) is 0 Å². The van der Waals surface area contributed by atoms with Crippen LogP contribution in [0.1, 0.15) is 161 Å². The minimum Gasteiger partial charge on any atom is -0.126 e. The third kappa shape index (κ3) is 29.1. The fourth-order valence-corrected chi connectivity index (χ4v) is 6.14. The molecular weight excluding hydrogens is 447 g/mol. The first kappa shape index (κ1) is 31.1. The maximum absolute atomic E-state index is 5.90. The molecule has 0 aromatic heterocycles. The lowest BCUT2D eigenvalue weighted by molar-refractivity contribution is 0.517. The molecule has 0 fully saturated rings. The minimum atomic E-state index is -2.36. The Balaban J connectivity index is 3.02. The Morgan fingerprint density at radius 3 is 0.733 bits per heavy atom. The molecule has 0 heterocycles. The lowest BCUT2D eigenvalue weighted by Gasteiger charge is -2.07. The Morgan fingerprint density at radius 1 is 0.333 bits per heavy atom. The van der Waals surface area contributed by atoms with E-state index in [-0.39, 0.29) is 0 Å². The summed E-state index contributed by atoms with van der Waals surface area (Å²) in [7, 11) is 0. The highest BCUT2D eigenvalue weighted by atomic mass is 35.8. The summed E-state index contributed by atoms with van der Waals surface area (Å²) in [6.07, 6.45) is 34.0. The van der Waals surface area contributed by atoms with Gasteiger partial charge in [0, 0.05) is 0 Å². The Bertz CT molecular complexity index is 318. The molecule has 4 heteroatoms. The summed E-state index contributed by atoms with van der Waals surface area (Å²) in [6, 6.07) is -1.53. The van der Waals surface area contributed by atoms with Crippen LogP contribution < -0.4 is 0 Å². The van der Waals surface area contributed by atoms with Gasteiger partial charge in [0.25, 0.3) is 0 Å². The summed E-state index contributed by atoms with van der Waals surface area (Å²) >= 11 is 17.7. The smallest absolute Gasteiger partial charge is 0.126 e. The molecule has 0 radical (unpaired) electrons. The van der Waals surface area contributed by atoms with Crippen molar-refractivity contribution < 1.29 is 0 Å². The third-order valence-electron chi connectivity index (χ3n) is 6.31. The molecule has 0 unspecified atom stereocenters. The van der Waals surface area contributed by atoms with E-state index in [1.54, 1.807) is 0 Å². The highest BCUT2D eigenvalue weighted by Crippen LogP contribution is 2.27. The Hall–Kier alpha value is 1.09. The standard InChI is InChI=1S/C26H53Cl3Si/c1-2-3-4-5-6-7-8-9-10-11-12-13-14-15-16-17-18-19-20-21-22-23-24-25-26-30(27,28)29/h2-26H2,1H3. The zero-order valence-corrected chi connectivity index (χ0v) is 23.6. The van der Waals surface area contributed by atoms with Crippen LogP contribution in [0, 0.1) is 0 Å². The molecule has 0 aromatic rings. The summed E-state index contributed by atoms with van der Waals surface area (Å²) in [5, 5.41) is 0. The summed E-state index contributed by atoms with van der Waals surface area (Å²) in [5.74, 6) is 0. The zero-order valence-electron chi connectivity index (χ0n) is 20.3. The number of rotatable bonds is 25. The summed E-state index contributed by atoms with van der Waals surface area (Å²) in [6.45, 7) is 2.30. The van der Waals surface area contributed by atoms with Gasteiger partial charge in [0.15, 0.2) is 0 Å². The topological polar surface area (TPSA) is 0 Å². The molecular formula is C26H53Cl3Si. The van der Waals surface area contributed by atoms with Gasteiger partial charge in [-0.2, -0.15) is 0 Å². The number of hydrogen-bond donors (Lipinski definition) is 0.